The molecule has 2 aliphatic heterocycles. The van der Waals surface area contributed by atoms with Crippen molar-refractivity contribution in [2.75, 3.05) is 31.5 Å². The quantitative estimate of drug-likeness (QED) is 0.728. The van der Waals surface area contributed by atoms with Gasteiger partial charge < -0.3 is 20.0 Å². The Labute approximate surface area is 195 Å². The summed E-state index contributed by atoms with van der Waals surface area (Å²) in [6.07, 6.45) is 1.36. The molecule has 2 aromatic rings. The molecule has 1 N–H and O–H groups in total. The van der Waals surface area contributed by atoms with Gasteiger partial charge in [-0.2, -0.15) is 0 Å². The second-order valence-electron chi connectivity index (χ2n) is 9.18. The fourth-order valence-corrected chi connectivity index (χ4v) is 4.63. The molecule has 0 atom stereocenters. The number of nitrogens with zero attached hydrogens (tertiary/aromatic N) is 3. The number of rotatable bonds is 4. The molecule has 2 heterocycles. The summed E-state index contributed by atoms with van der Waals surface area (Å²) in [5.74, 6) is -0.858. The number of anilines is 1. The van der Waals surface area contributed by atoms with Crippen LogP contribution in [0.5, 0.6) is 0 Å². The summed E-state index contributed by atoms with van der Waals surface area (Å²) in [5.41, 5.74) is 5.20. The minimum atomic E-state index is -0.433. The van der Waals surface area contributed by atoms with Crippen LogP contribution in [0.4, 0.5) is 10.5 Å². The first-order valence-electron chi connectivity index (χ1n) is 11.6. The standard InChI is InChI=1S/C26H32N4O3/c1-18-4-7-21(8-5-18)17-29-14-15-30(25(32)24(29)31)22-10-12-28(13-11-22)26(33)27-23-9-6-19(2)16-20(23)3/h4-9,16,22H,10-15,17H2,1-3H3,(H,27,33). The van der Waals surface area contributed by atoms with Gasteiger partial charge in [-0.25, -0.2) is 4.79 Å². The maximum atomic E-state index is 12.8. The van der Waals surface area contributed by atoms with Crippen molar-refractivity contribution in [1.29, 1.82) is 0 Å². The van der Waals surface area contributed by atoms with Crippen LogP contribution in [-0.2, 0) is 16.1 Å². The number of likely N-dealkylation sites (tertiary alicyclic amines) is 1. The lowest BCUT2D eigenvalue weighted by molar-refractivity contribution is -0.158. The Balaban J connectivity index is 1.29. The Morgan fingerprint density at radius 2 is 1.55 bits per heavy atom. The molecule has 0 unspecified atom stereocenters. The summed E-state index contributed by atoms with van der Waals surface area (Å²) in [5, 5.41) is 3.00. The minimum absolute atomic E-state index is 0.00636. The van der Waals surface area contributed by atoms with E-state index < -0.39 is 11.8 Å². The molecular formula is C26H32N4O3. The van der Waals surface area contributed by atoms with Gasteiger partial charge in [-0.15, -0.1) is 0 Å². The first-order chi connectivity index (χ1) is 15.8. The van der Waals surface area contributed by atoms with Crippen molar-refractivity contribution in [2.45, 2.75) is 46.2 Å². The lowest BCUT2D eigenvalue weighted by atomic mass is 10.0. The van der Waals surface area contributed by atoms with E-state index in [0.717, 1.165) is 22.4 Å². The smallest absolute Gasteiger partial charge is 0.321 e. The van der Waals surface area contributed by atoms with E-state index in [0.29, 0.717) is 45.6 Å². The van der Waals surface area contributed by atoms with E-state index in [4.69, 9.17) is 0 Å². The molecule has 0 aliphatic carbocycles. The average Bonchev–Trinajstić information content (AvgIpc) is 2.80. The van der Waals surface area contributed by atoms with Crippen LogP contribution >= 0.6 is 0 Å². The number of hydrogen-bond acceptors (Lipinski definition) is 3. The van der Waals surface area contributed by atoms with Crippen LogP contribution in [0.15, 0.2) is 42.5 Å². The second kappa shape index (κ2) is 9.65. The van der Waals surface area contributed by atoms with Gasteiger partial charge in [-0.05, 0) is 50.8 Å². The monoisotopic (exact) mass is 448 g/mol. The predicted molar refractivity (Wildman–Crippen MR) is 128 cm³/mol. The average molecular weight is 449 g/mol. The van der Waals surface area contributed by atoms with Crippen molar-refractivity contribution in [3.63, 3.8) is 0 Å². The summed E-state index contributed by atoms with van der Waals surface area (Å²) in [4.78, 5) is 43.4. The molecule has 2 aromatic carbocycles. The molecule has 7 heteroatoms. The first-order valence-corrected chi connectivity index (χ1v) is 11.6. The summed E-state index contributed by atoms with van der Waals surface area (Å²) >= 11 is 0. The molecule has 2 saturated heterocycles. The summed E-state index contributed by atoms with van der Waals surface area (Å²) < 4.78 is 0. The van der Waals surface area contributed by atoms with Crippen LogP contribution in [0.3, 0.4) is 0 Å². The SMILES string of the molecule is Cc1ccc(CN2CCN(C3CCN(C(=O)Nc4ccc(C)cc4C)CC3)C(=O)C2=O)cc1. The number of hydrogen-bond donors (Lipinski definition) is 1. The van der Waals surface area contributed by atoms with Crippen LogP contribution in [0, 0.1) is 20.8 Å². The molecule has 0 spiro atoms. The molecule has 2 aliphatic rings. The molecule has 0 radical (unpaired) electrons. The zero-order chi connectivity index (χ0) is 23.5. The van der Waals surface area contributed by atoms with Gasteiger partial charge in [0.15, 0.2) is 0 Å². The molecular weight excluding hydrogens is 416 g/mol. The van der Waals surface area contributed by atoms with Crippen molar-refractivity contribution in [3.05, 3.63) is 64.7 Å². The van der Waals surface area contributed by atoms with E-state index >= 15 is 0 Å². The number of piperazine rings is 1. The Bertz CT molecular complexity index is 1040. The fourth-order valence-electron chi connectivity index (χ4n) is 4.63. The molecule has 4 rings (SSSR count). The van der Waals surface area contributed by atoms with Crippen molar-refractivity contribution in [2.24, 2.45) is 0 Å². The highest BCUT2D eigenvalue weighted by Gasteiger charge is 2.38. The van der Waals surface area contributed by atoms with Gasteiger partial charge in [-0.1, -0.05) is 47.5 Å². The zero-order valence-electron chi connectivity index (χ0n) is 19.6. The third-order valence-corrected chi connectivity index (χ3v) is 6.65. The van der Waals surface area contributed by atoms with Gasteiger partial charge in [-0.3, -0.25) is 9.59 Å². The molecule has 7 nitrogen and oxygen atoms in total. The molecule has 4 amide bonds. The summed E-state index contributed by atoms with van der Waals surface area (Å²) in [6, 6.07) is 13.9. The van der Waals surface area contributed by atoms with E-state index in [2.05, 4.69) is 5.32 Å². The maximum Gasteiger partial charge on any atom is 0.321 e. The first kappa shape index (κ1) is 22.8. The third-order valence-electron chi connectivity index (χ3n) is 6.65. The van der Waals surface area contributed by atoms with Gasteiger partial charge in [0.25, 0.3) is 0 Å². The normalized spacial score (nSPS) is 17.5. The van der Waals surface area contributed by atoms with Crippen LogP contribution in [0.1, 0.15) is 35.1 Å². The Hall–Kier alpha value is -3.35. The number of carbonyl (C=O) groups excluding carboxylic acids is 3. The van der Waals surface area contributed by atoms with E-state index in [-0.39, 0.29) is 12.1 Å². The molecule has 174 valence electrons. The maximum absolute atomic E-state index is 12.8. The van der Waals surface area contributed by atoms with Crippen LogP contribution in [0.25, 0.3) is 0 Å². The number of aryl methyl sites for hydroxylation is 3. The fraction of sp³-hybridized carbons (Fsp3) is 0.423. The van der Waals surface area contributed by atoms with E-state index in [1.807, 2.05) is 63.2 Å². The van der Waals surface area contributed by atoms with E-state index in [9.17, 15) is 14.4 Å². The highest BCUT2D eigenvalue weighted by molar-refractivity contribution is 6.35. The lowest BCUT2D eigenvalue weighted by Gasteiger charge is -2.42. The predicted octanol–water partition coefficient (Wildman–Crippen LogP) is 3.48. The lowest BCUT2D eigenvalue weighted by Crippen LogP contribution is -2.59. The van der Waals surface area contributed by atoms with Crippen LogP contribution in [0.2, 0.25) is 0 Å². The summed E-state index contributed by atoms with van der Waals surface area (Å²) in [6.45, 7) is 8.68. The zero-order valence-corrected chi connectivity index (χ0v) is 19.6. The number of amides is 4. The van der Waals surface area contributed by atoms with Crippen LogP contribution in [-0.4, -0.2) is 64.8 Å². The number of carbonyl (C=O) groups is 3. The topological polar surface area (TPSA) is 73.0 Å². The number of benzene rings is 2. The Kier molecular flexibility index (Phi) is 6.67. The van der Waals surface area contributed by atoms with Crippen molar-refractivity contribution in [1.82, 2.24) is 14.7 Å². The van der Waals surface area contributed by atoms with Crippen LogP contribution < -0.4 is 5.32 Å². The van der Waals surface area contributed by atoms with E-state index in [1.165, 1.54) is 5.56 Å². The molecule has 33 heavy (non-hydrogen) atoms. The Morgan fingerprint density at radius 3 is 2.21 bits per heavy atom. The Morgan fingerprint density at radius 1 is 0.879 bits per heavy atom. The van der Waals surface area contributed by atoms with Gasteiger partial charge in [0.05, 0.1) is 0 Å². The highest BCUT2D eigenvalue weighted by Crippen LogP contribution is 2.22. The van der Waals surface area contributed by atoms with Gasteiger partial charge in [0.2, 0.25) is 0 Å². The minimum Gasteiger partial charge on any atom is -0.330 e. The summed E-state index contributed by atoms with van der Waals surface area (Å²) in [7, 11) is 0. The largest absolute Gasteiger partial charge is 0.330 e. The molecule has 0 aromatic heterocycles. The van der Waals surface area contributed by atoms with Gasteiger partial charge in [0.1, 0.15) is 0 Å². The van der Waals surface area contributed by atoms with E-state index in [1.54, 1.807) is 14.7 Å². The second-order valence-corrected chi connectivity index (χ2v) is 9.18. The van der Waals surface area contributed by atoms with Gasteiger partial charge >= 0.3 is 17.8 Å². The molecule has 2 fully saturated rings. The molecule has 0 saturated carbocycles. The van der Waals surface area contributed by atoms with Crippen molar-refractivity contribution in [3.8, 4) is 0 Å². The number of nitrogens with one attached hydrogen (secondary N) is 1. The van der Waals surface area contributed by atoms with Crippen molar-refractivity contribution < 1.29 is 14.4 Å². The number of piperidine rings is 1. The van der Waals surface area contributed by atoms with Gasteiger partial charge in [0, 0.05) is 44.5 Å². The molecule has 0 bridgehead atoms. The third kappa shape index (κ3) is 5.18. The van der Waals surface area contributed by atoms with Crippen molar-refractivity contribution >= 4 is 23.5 Å². The number of urea groups is 1. The highest BCUT2D eigenvalue weighted by atomic mass is 16.2.